The summed E-state index contributed by atoms with van der Waals surface area (Å²) in [6.45, 7) is 3.70. The van der Waals surface area contributed by atoms with Crippen molar-refractivity contribution in [1.82, 2.24) is 5.32 Å². The highest BCUT2D eigenvalue weighted by molar-refractivity contribution is 5.97. The number of carboxylic acid groups (broad SMARTS) is 1. The molecule has 2 aromatic carbocycles. The fourth-order valence-electron chi connectivity index (χ4n) is 2.69. The largest absolute Gasteiger partial charge is 0.496 e. The minimum absolute atomic E-state index is 0.232. The number of hydrogen-bond acceptors (Lipinski definition) is 3. The second-order valence-electron chi connectivity index (χ2n) is 5.70. The number of amides is 1. The lowest BCUT2D eigenvalue weighted by Gasteiger charge is -2.16. The third-order valence-corrected chi connectivity index (χ3v) is 3.81. The molecule has 0 aliphatic carbocycles. The molecule has 126 valence electrons. The summed E-state index contributed by atoms with van der Waals surface area (Å²) in [5.41, 5.74) is 2.94. The summed E-state index contributed by atoms with van der Waals surface area (Å²) in [4.78, 5) is 23.9. The van der Waals surface area contributed by atoms with E-state index in [1.165, 1.54) is 0 Å². The summed E-state index contributed by atoms with van der Waals surface area (Å²) in [6, 6.07) is 11.6. The number of aryl methyl sites for hydroxylation is 2. The number of nitrogens with one attached hydrogen (secondary N) is 1. The van der Waals surface area contributed by atoms with Crippen LogP contribution in [0.3, 0.4) is 0 Å². The van der Waals surface area contributed by atoms with Gasteiger partial charge in [0.2, 0.25) is 0 Å². The van der Waals surface area contributed by atoms with Crippen molar-refractivity contribution < 1.29 is 19.4 Å². The molecule has 0 aliphatic rings. The summed E-state index contributed by atoms with van der Waals surface area (Å²) in [7, 11) is 1.58. The lowest BCUT2D eigenvalue weighted by atomic mass is 10.0. The number of carbonyl (C=O) groups excluding carboxylic acids is 1. The van der Waals surface area contributed by atoms with E-state index in [1.807, 2.05) is 44.2 Å². The van der Waals surface area contributed by atoms with E-state index in [1.54, 1.807) is 19.2 Å². The van der Waals surface area contributed by atoms with Crippen molar-refractivity contribution in [2.75, 3.05) is 7.11 Å². The number of methoxy groups -OCH3 is 1. The van der Waals surface area contributed by atoms with Crippen molar-refractivity contribution in [2.45, 2.75) is 26.3 Å². The third kappa shape index (κ3) is 4.13. The first-order valence-corrected chi connectivity index (χ1v) is 7.65. The molecule has 5 heteroatoms. The predicted molar refractivity (Wildman–Crippen MR) is 91.5 cm³/mol. The van der Waals surface area contributed by atoms with Crippen LogP contribution in [0.15, 0.2) is 42.5 Å². The average molecular weight is 327 g/mol. The first kappa shape index (κ1) is 17.5. The molecular weight excluding hydrogens is 306 g/mol. The van der Waals surface area contributed by atoms with Crippen molar-refractivity contribution in [1.29, 1.82) is 0 Å². The zero-order chi connectivity index (χ0) is 17.7. The Bertz CT molecular complexity index is 717. The Kier molecular flexibility index (Phi) is 5.58. The lowest BCUT2D eigenvalue weighted by molar-refractivity contribution is -0.139. The van der Waals surface area contributed by atoms with Gasteiger partial charge < -0.3 is 15.2 Å². The molecule has 0 heterocycles. The Morgan fingerprint density at radius 3 is 2.21 bits per heavy atom. The number of aliphatic carboxylic acids is 1. The Labute approximate surface area is 141 Å². The number of hydrogen-bond donors (Lipinski definition) is 2. The molecule has 1 atom stereocenters. The molecular formula is C19H21NO4. The molecule has 0 bridgehead atoms. The molecule has 0 aromatic heterocycles. The van der Waals surface area contributed by atoms with Gasteiger partial charge in [-0.2, -0.15) is 0 Å². The summed E-state index contributed by atoms with van der Waals surface area (Å²) in [5, 5.41) is 12.0. The second kappa shape index (κ2) is 7.64. The van der Waals surface area contributed by atoms with Crippen LogP contribution in [0.2, 0.25) is 0 Å². The SMILES string of the molecule is COc1c(C)cc(C(=O)N[C@H](Cc2ccccc2)C(=O)O)cc1C. The Morgan fingerprint density at radius 1 is 1.12 bits per heavy atom. The van der Waals surface area contributed by atoms with Crippen LogP contribution < -0.4 is 10.1 Å². The maximum atomic E-state index is 12.4. The van der Waals surface area contributed by atoms with Gasteiger partial charge >= 0.3 is 5.97 Å². The van der Waals surface area contributed by atoms with Gasteiger partial charge in [0.15, 0.2) is 0 Å². The van der Waals surface area contributed by atoms with Crippen LogP contribution in [0.5, 0.6) is 5.75 Å². The minimum Gasteiger partial charge on any atom is -0.496 e. The number of carboxylic acids is 1. The molecule has 2 rings (SSSR count). The molecule has 0 aliphatic heterocycles. The van der Waals surface area contributed by atoms with Gasteiger partial charge in [0.05, 0.1) is 7.11 Å². The Hall–Kier alpha value is -2.82. The molecule has 0 unspecified atom stereocenters. The Balaban J connectivity index is 2.18. The van der Waals surface area contributed by atoms with E-state index in [0.29, 0.717) is 5.56 Å². The molecule has 0 saturated heterocycles. The van der Waals surface area contributed by atoms with Gasteiger partial charge in [0, 0.05) is 12.0 Å². The zero-order valence-electron chi connectivity index (χ0n) is 14.0. The third-order valence-electron chi connectivity index (χ3n) is 3.81. The zero-order valence-corrected chi connectivity index (χ0v) is 14.0. The average Bonchev–Trinajstić information content (AvgIpc) is 2.54. The maximum absolute atomic E-state index is 12.4. The van der Waals surface area contributed by atoms with Crippen LogP contribution in [-0.2, 0) is 11.2 Å². The van der Waals surface area contributed by atoms with Gasteiger partial charge in [-0.25, -0.2) is 4.79 Å². The van der Waals surface area contributed by atoms with Gasteiger partial charge in [-0.15, -0.1) is 0 Å². The van der Waals surface area contributed by atoms with Crippen LogP contribution in [0, 0.1) is 13.8 Å². The van der Waals surface area contributed by atoms with Crippen molar-refractivity contribution in [3.8, 4) is 5.75 Å². The highest BCUT2D eigenvalue weighted by Gasteiger charge is 2.22. The molecule has 0 spiro atoms. The number of rotatable bonds is 6. The topological polar surface area (TPSA) is 75.6 Å². The summed E-state index contributed by atoms with van der Waals surface area (Å²) in [6.07, 6.45) is 0.232. The standard InChI is InChI=1S/C19H21NO4/c1-12-9-15(10-13(2)17(12)24-3)18(21)20-16(19(22)23)11-14-7-5-4-6-8-14/h4-10,16H,11H2,1-3H3,(H,20,21)(H,22,23)/t16-/m1/s1. The summed E-state index contributed by atoms with van der Waals surface area (Å²) >= 11 is 0. The van der Waals surface area contributed by atoms with Gasteiger partial charge in [0.25, 0.3) is 5.91 Å². The minimum atomic E-state index is -1.06. The smallest absolute Gasteiger partial charge is 0.326 e. The van der Waals surface area contributed by atoms with Gasteiger partial charge in [-0.05, 0) is 42.7 Å². The quantitative estimate of drug-likeness (QED) is 0.855. The molecule has 5 nitrogen and oxygen atoms in total. The van der Waals surface area contributed by atoms with Crippen LogP contribution in [-0.4, -0.2) is 30.1 Å². The van der Waals surface area contributed by atoms with E-state index in [9.17, 15) is 14.7 Å². The normalized spacial score (nSPS) is 11.6. The van der Waals surface area contributed by atoms with E-state index >= 15 is 0 Å². The van der Waals surface area contributed by atoms with Crippen molar-refractivity contribution >= 4 is 11.9 Å². The van der Waals surface area contributed by atoms with Crippen LogP contribution in [0.4, 0.5) is 0 Å². The lowest BCUT2D eigenvalue weighted by Crippen LogP contribution is -2.42. The highest BCUT2D eigenvalue weighted by atomic mass is 16.5. The van der Waals surface area contributed by atoms with E-state index < -0.39 is 17.9 Å². The van der Waals surface area contributed by atoms with Crippen LogP contribution in [0.1, 0.15) is 27.0 Å². The van der Waals surface area contributed by atoms with E-state index in [4.69, 9.17) is 4.74 Å². The number of benzene rings is 2. The molecule has 0 fully saturated rings. The maximum Gasteiger partial charge on any atom is 0.326 e. The monoisotopic (exact) mass is 327 g/mol. The fourth-order valence-corrected chi connectivity index (χ4v) is 2.69. The van der Waals surface area contributed by atoms with Gasteiger partial charge in [0.1, 0.15) is 11.8 Å². The molecule has 2 aromatic rings. The molecule has 0 radical (unpaired) electrons. The molecule has 2 N–H and O–H groups in total. The Morgan fingerprint density at radius 2 is 1.71 bits per heavy atom. The van der Waals surface area contributed by atoms with E-state index in [2.05, 4.69) is 5.32 Å². The van der Waals surface area contributed by atoms with Crippen molar-refractivity contribution in [3.05, 3.63) is 64.7 Å². The predicted octanol–water partition coefficient (Wildman–Crippen LogP) is 2.74. The fraction of sp³-hybridized carbons (Fsp3) is 0.263. The molecule has 1 amide bonds. The van der Waals surface area contributed by atoms with Crippen LogP contribution in [0.25, 0.3) is 0 Å². The van der Waals surface area contributed by atoms with Gasteiger partial charge in [-0.3, -0.25) is 4.79 Å². The van der Waals surface area contributed by atoms with Crippen molar-refractivity contribution in [2.24, 2.45) is 0 Å². The van der Waals surface area contributed by atoms with E-state index in [0.717, 1.165) is 22.4 Å². The number of carbonyl (C=O) groups is 2. The van der Waals surface area contributed by atoms with Gasteiger partial charge in [-0.1, -0.05) is 30.3 Å². The van der Waals surface area contributed by atoms with Crippen molar-refractivity contribution in [3.63, 3.8) is 0 Å². The number of ether oxygens (including phenoxy) is 1. The second-order valence-corrected chi connectivity index (χ2v) is 5.70. The highest BCUT2D eigenvalue weighted by Crippen LogP contribution is 2.24. The first-order chi connectivity index (χ1) is 11.4. The first-order valence-electron chi connectivity index (χ1n) is 7.65. The molecule has 0 saturated carbocycles. The molecule has 24 heavy (non-hydrogen) atoms. The summed E-state index contributed by atoms with van der Waals surface area (Å²) < 4.78 is 5.28. The van der Waals surface area contributed by atoms with Crippen LogP contribution >= 0.6 is 0 Å². The van der Waals surface area contributed by atoms with E-state index in [-0.39, 0.29) is 6.42 Å². The summed E-state index contributed by atoms with van der Waals surface area (Å²) in [5.74, 6) is -0.744.